The van der Waals surface area contributed by atoms with Crippen molar-refractivity contribution in [3.8, 4) is 6.07 Å². The van der Waals surface area contributed by atoms with E-state index in [0.717, 1.165) is 39.3 Å². The fourth-order valence-corrected chi connectivity index (χ4v) is 2.26. The van der Waals surface area contributed by atoms with Crippen LogP contribution in [0, 0.1) is 11.3 Å². The van der Waals surface area contributed by atoms with E-state index < -0.39 is 0 Å². The third-order valence-electron chi connectivity index (χ3n) is 3.37. The largest absolute Gasteiger partial charge is 0.301 e. The van der Waals surface area contributed by atoms with E-state index in [9.17, 15) is 0 Å². The Hall–Kier alpha value is -0.630. The molecular formula is C13H26N4. The Morgan fingerprint density at radius 1 is 1.24 bits per heavy atom. The van der Waals surface area contributed by atoms with Crippen LogP contribution in [0.25, 0.3) is 0 Å². The summed E-state index contributed by atoms with van der Waals surface area (Å²) in [5, 5.41) is 12.2. The molecule has 0 aromatic heterocycles. The zero-order valence-corrected chi connectivity index (χ0v) is 11.7. The first kappa shape index (κ1) is 14.4. The molecule has 17 heavy (non-hydrogen) atoms. The number of nitrogens with zero attached hydrogens (tertiary/aromatic N) is 3. The average molecular weight is 238 g/mol. The van der Waals surface area contributed by atoms with Crippen molar-refractivity contribution in [3.63, 3.8) is 0 Å². The van der Waals surface area contributed by atoms with Gasteiger partial charge >= 0.3 is 0 Å². The molecule has 1 saturated heterocycles. The number of hydrogen-bond acceptors (Lipinski definition) is 4. The van der Waals surface area contributed by atoms with Gasteiger partial charge in [-0.25, -0.2) is 0 Å². The highest BCUT2D eigenvalue weighted by Crippen LogP contribution is 2.15. The molecule has 4 heteroatoms. The molecule has 1 aliphatic rings. The highest BCUT2D eigenvalue weighted by molar-refractivity contribution is 4.93. The van der Waals surface area contributed by atoms with Crippen molar-refractivity contribution in [1.29, 1.82) is 5.26 Å². The molecule has 1 aliphatic heterocycles. The summed E-state index contributed by atoms with van der Waals surface area (Å²) >= 11 is 0. The molecule has 98 valence electrons. The molecule has 0 spiro atoms. The van der Waals surface area contributed by atoms with Crippen LogP contribution >= 0.6 is 0 Å². The molecule has 0 aliphatic carbocycles. The number of nitrogens with one attached hydrogen (secondary N) is 1. The minimum atomic E-state index is -0.0267. The predicted molar refractivity (Wildman–Crippen MR) is 70.8 cm³/mol. The highest BCUT2D eigenvalue weighted by atomic mass is 15.3. The van der Waals surface area contributed by atoms with E-state index in [1.165, 1.54) is 0 Å². The molecule has 0 amide bonds. The molecule has 0 bridgehead atoms. The van der Waals surface area contributed by atoms with E-state index in [-0.39, 0.29) is 11.6 Å². The minimum Gasteiger partial charge on any atom is -0.301 e. The summed E-state index contributed by atoms with van der Waals surface area (Å²) < 4.78 is 0. The quantitative estimate of drug-likeness (QED) is 0.790. The molecule has 1 heterocycles. The average Bonchev–Trinajstić information content (AvgIpc) is 2.28. The van der Waals surface area contributed by atoms with Gasteiger partial charge in [-0.05, 0) is 27.3 Å². The van der Waals surface area contributed by atoms with E-state index in [4.69, 9.17) is 5.26 Å². The van der Waals surface area contributed by atoms with Gasteiger partial charge in [0.15, 0.2) is 0 Å². The van der Waals surface area contributed by atoms with Crippen molar-refractivity contribution in [3.05, 3.63) is 0 Å². The van der Waals surface area contributed by atoms with Gasteiger partial charge in [-0.2, -0.15) is 5.26 Å². The van der Waals surface area contributed by atoms with Crippen LogP contribution in [0.1, 0.15) is 27.7 Å². The van der Waals surface area contributed by atoms with Gasteiger partial charge in [0.25, 0.3) is 0 Å². The van der Waals surface area contributed by atoms with E-state index in [1.54, 1.807) is 0 Å². The summed E-state index contributed by atoms with van der Waals surface area (Å²) in [6, 6.07) is 2.30. The van der Waals surface area contributed by atoms with Crippen LogP contribution < -0.4 is 5.32 Å². The smallest absolute Gasteiger partial charge is 0.108 e. The van der Waals surface area contributed by atoms with Crippen LogP contribution in [0.4, 0.5) is 0 Å². The lowest BCUT2D eigenvalue weighted by Crippen LogP contribution is -2.55. The number of rotatable bonds is 4. The van der Waals surface area contributed by atoms with E-state index in [2.05, 4.69) is 42.0 Å². The van der Waals surface area contributed by atoms with Crippen LogP contribution in [0.2, 0.25) is 0 Å². The lowest BCUT2D eigenvalue weighted by atomic mass is 10.0. The fraction of sp³-hybridized carbons (Fsp3) is 0.923. The summed E-state index contributed by atoms with van der Waals surface area (Å²) in [7, 11) is 0. The zero-order chi connectivity index (χ0) is 12.9. The van der Waals surface area contributed by atoms with Crippen molar-refractivity contribution in [2.45, 2.75) is 39.3 Å². The Kier molecular flexibility index (Phi) is 5.38. The van der Waals surface area contributed by atoms with Gasteiger partial charge in [0.05, 0.1) is 6.07 Å². The Labute approximate surface area is 106 Å². The third kappa shape index (κ3) is 4.63. The fourth-order valence-electron chi connectivity index (χ4n) is 2.26. The molecule has 0 aromatic carbocycles. The van der Waals surface area contributed by atoms with Gasteiger partial charge in [-0.3, -0.25) is 9.80 Å². The van der Waals surface area contributed by atoms with E-state index in [1.807, 2.05) is 6.92 Å². The first-order valence-corrected chi connectivity index (χ1v) is 6.57. The Morgan fingerprint density at radius 2 is 1.82 bits per heavy atom. The zero-order valence-electron chi connectivity index (χ0n) is 11.7. The van der Waals surface area contributed by atoms with Crippen LogP contribution in [-0.4, -0.2) is 60.6 Å². The van der Waals surface area contributed by atoms with Crippen LogP contribution in [0.5, 0.6) is 0 Å². The van der Waals surface area contributed by atoms with Crippen LogP contribution in [0.3, 0.4) is 0 Å². The molecule has 1 N–H and O–H groups in total. The lowest BCUT2D eigenvalue weighted by Gasteiger charge is -2.42. The minimum absolute atomic E-state index is 0.0267. The maximum Gasteiger partial charge on any atom is 0.108 e. The maximum absolute atomic E-state index is 9.02. The second kappa shape index (κ2) is 6.34. The van der Waals surface area contributed by atoms with Crippen LogP contribution in [0.15, 0.2) is 0 Å². The molecule has 1 rings (SSSR count). The van der Waals surface area contributed by atoms with Gasteiger partial charge in [-0.15, -0.1) is 0 Å². The lowest BCUT2D eigenvalue weighted by molar-refractivity contribution is 0.0605. The number of piperazine rings is 1. The van der Waals surface area contributed by atoms with Gasteiger partial charge in [0.1, 0.15) is 6.04 Å². The van der Waals surface area contributed by atoms with E-state index in [0.29, 0.717) is 0 Å². The standard InChI is InChI=1S/C13H26N4/c1-5-15-12(10-14)11-16-6-8-17(9-7-16)13(2,3)4/h12,15H,5-9,11H2,1-4H3. The summed E-state index contributed by atoms with van der Waals surface area (Å²) in [4.78, 5) is 4.90. The van der Waals surface area contributed by atoms with Crippen molar-refractivity contribution in [1.82, 2.24) is 15.1 Å². The second-order valence-corrected chi connectivity index (χ2v) is 5.70. The molecule has 0 radical (unpaired) electrons. The topological polar surface area (TPSA) is 42.3 Å². The first-order chi connectivity index (χ1) is 7.97. The summed E-state index contributed by atoms with van der Waals surface area (Å²) in [6.07, 6.45) is 0. The Balaban J connectivity index is 2.35. The predicted octanol–water partition coefficient (Wildman–Crippen LogP) is 0.904. The Bertz CT molecular complexity index is 256. The van der Waals surface area contributed by atoms with E-state index >= 15 is 0 Å². The van der Waals surface area contributed by atoms with Crippen molar-refractivity contribution in [2.24, 2.45) is 0 Å². The maximum atomic E-state index is 9.02. The monoisotopic (exact) mass is 238 g/mol. The number of hydrogen-bond donors (Lipinski definition) is 1. The molecule has 1 fully saturated rings. The normalized spacial score (nSPS) is 21.1. The molecule has 4 nitrogen and oxygen atoms in total. The molecule has 0 saturated carbocycles. The van der Waals surface area contributed by atoms with Gasteiger partial charge < -0.3 is 5.32 Å². The van der Waals surface area contributed by atoms with Gasteiger partial charge in [0, 0.05) is 38.3 Å². The Morgan fingerprint density at radius 3 is 2.24 bits per heavy atom. The number of likely N-dealkylation sites (N-methyl/N-ethyl adjacent to an activating group) is 1. The third-order valence-corrected chi connectivity index (χ3v) is 3.37. The van der Waals surface area contributed by atoms with Gasteiger partial charge in [0.2, 0.25) is 0 Å². The summed E-state index contributed by atoms with van der Waals surface area (Å²) in [5.74, 6) is 0. The number of nitriles is 1. The van der Waals surface area contributed by atoms with Crippen molar-refractivity contribution in [2.75, 3.05) is 39.3 Å². The first-order valence-electron chi connectivity index (χ1n) is 6.57. The second-order valence-electron chi connectivity index (χ2n) is 5.70. The molecule has 1 unspecified atom stereocenters. The molecular weight excluding hydrogens is 212 g/mol. The van der Waals surface area contributed by atoms with Crippen molar-refractivity contribution >= 4 is 0 Å². The molecule has 0 aromatic rings. The van der Waals surface area contributed by atoms with Crippen LogP contribution in [-0.2, 0) is 0 Å². The SMILES string of the molecule is CCNC(C#N)CN1CCN(C(C)(C)C)CC1. The summed E-state index contributed by atoms with van der Waals surface area (Å²) in [6.45, 7) is 14.9. The van der Waals surface area contributed by atoms with Crippen molar-refractivity contribution < 1.29 is 0 Å². The highest BCUT2D eigenvalue weighted by Gasteiger charge is 2.26. The molecule has 1 atom stereocenters. The summed E-state index contributed by atoms with van der Waals surface area (Å²) in [5.41, 5.74) is 0.266. The van der Waals surface area contributed by atoms with Gasteiger partial charge in [-0.1, -0.05) is 6.92 Å².